The molecule has 0 unspecified atom stereocenters. The van der Waals surface area contributed by atoms with Gasteiger partial charge in [-0.15, -0.1) is 0 Å². The molecule has 0 aliphatic carbocycles. The van der Waals surface area contributed by atoms with Gasteiger partial charge in [0.1, 0.15) is 6.61 Å². The number of benzene rings is 2. The molecule has 0 aromatic heterocycles. The van der Waals surface area contributed by atoms with Gasteiger partial charge >= 0.3 is 0 Å². The second kappa shape index (κ2) is 8.55. The van der Waals surface area contributed by atoms with Gasteiger partial charge < -0.3 is 25.9 Å². The van der Waals surface area contributed by atoms with E-state index in [1.54, 1.807) is 13.2 Å². The number of halogens is 1. The molecule has 0 saturated heterocycles. The lowest BCUT2D eigenvalue weighted by molar-refractivity contribution is 0.290. The molecule has 4 N–H and O–H groups in total. The van der Waals surface area contributed by atoms with E-state index >= 15 is 0 Å². The van der Waals surface area contributed by atoms with Crippen molar-refractivity contribution in [1.82, 2.24) is 5.32 Å². The summed E-state index contributed by atoms with van der Waals surface area (Å²) in [5.74, 6) is 1.25. The quantitative estimate of drug-likeness (QED) is 0.374. The number of ether oxygens (including phenoxy) is 2. The van der Waals surface area contributed by atoms with Crippen LogP contribution in [-0.4, -0.2) is 26.5 Å². The number of nitrogens with one attached hydrogen (secondary N) is 2. The van der Waals surface area contributed by atoms with Crippen LogP contribution in [0.15, 0.2) is 40.9 Å². The van der Waals surface area contributed by atoms with Crippen molar-refractivity contribution >= 4 is 27.8 Å². The maximum atomic E-state index is 7.31. The van der Waals surface area contributed by atoms with Crippen molar-refractivity contribution in [3.63, 3.8) is 0 Å². The van der Waals surface area contributed by atoms with Gasteiger partial charge in [-0.3, -0.25) is 0 Å². The zero-order valence-electron chi connectivity index (χ0n) is 12.9. The molecular weight excluding hydrogens is 358 g/mol. The van der Waals surface area contributed by atoms with E-state index in [2.05, 4.69) is 21.2 Å². The van der Waals surface area contributed by atoms with Gasteiger partial charge in [0.05, 0.1) is 11.6 Å². The predicted octanol–water partition coefficient (Wildman–Crippen LogP) is 3.21. The molecule has 0 heterocycles. The summed E-state index contributed by atoms with van der Waals surface area (Å²) < 4.78 is 11.9. The Kier molecular flexibility index (Phi) is 6.43. The van der Waals surface area contributed by atoms with E-state index in [0.29, 0.717) is 24.7 Å². The van der Waals surface area contributed by atoms with Crippen LogP contribution in [-0.2, 0) is 6.54 Å². The molecule has 122 valence electrons. The molecule has 2 aromatic carbocycles. The lowest BCUT2D eigenvalue weighted by Crippen LogP contribution is -2.20. The molecule has 0 aliphatic heterocycles. The van der Waals surface area contributed by atoms with Gasteiger partial charge in [0.15, 0.2) is 11.5 Å². The Hall–Kier alpha value is -2.05. The molecule has 0 amide bonds. The first kappa shape index (κ1) is 17.3. The number of nitrogens with two attached hydrogens (primary N) is 1. The summed E-state index contributed by atoms with van der Waals surface area (Å²) in [6.07, 6.45) is 1.27. The van der Waals surface area contributed by atoms with E-state index in [4.69, 9.17) is 20.6 Å². The van der Waals surface area contributed by atoms with E-state index in [9.17, 15) is 0 Å². The van der Waals surface area contributed by atoms with Crippen LogP contribution in [0.3, 0.4) is 0 Å². The van der Waals surface area contributed by atoms with Crippen LogP contribution in [0.4, 0.5) is 5.69 Å². The average molecular weight is 378 g/mol. The Morgan fingerprint density at radius 1 is 1.26 bits per heavy atom. The minimum atomic E-state index is 0.508. The summed E-state index contributed by atoms with van der Waals surface area (Å²) in [7, 11) is 1.59. The van der Waals surface area contributed by atoms with Crippen LogP contribution in [0.25, 0.3) is 0 Å². The number of nitrogen functional groups attached to an aromatic ring is 1. The normalized spacial score (nSPS) is 10.3. The van der Waals surface area contributed by atoms with Crippen molar-refractivity contribution in [3.05, 3.63) is 52.0 Å². The first-order chi connectivity index (χ1) is 11.1. The maximum absolute atomic E-state index is 7.31. The lowest BCUT2D eigenvalue weighted by Gasteiger charge is -2.13. The van der Waals surface area contributed by atoms with Gasteiger partial charge in [-0.25, -0.2) is 0 Å². The Morgan fingerprint density at radius 2 is 2.00 bits per heavy atom. The molecule has 6 heteroatoms. The number of methoxy groups -OCH3 is 1. The summed E-state index contributed by atoms with van der Waals surface area (Å²) in [4.78, 5) is 0. The maximum Gasteiger partial charge on any atom is 0.175 e. The second-order valence-corrected chi connectivity index (χ2v) is 5.80. The fourth-order valence-corrected chi connectivity index (χ4v) is 2.63. The topological polar surface area (TPSA) is 80.4 Å². The zero-order valence-corrected chi connectivity index (χ0v) is 14.5. The van der Waals surface area contributed by atoms with Crippen LogP contribution in [0.2, 0.25) is 0 Å². The van der Waals surface area contributed by atoms with E-state index in [0.717, 1.165) is 22.3 Å². The van der Waals surface area contributed by atoms with Gasteiger partial charge in [0, 0.05) is 25.0 Å². The highest BCUT2D eigenvalue weighted by Crippen LogP contribution is 2.36. The van der Waals surface area contributed by atoms with Crippen LogP contribution >= 0.6 is 15.9 Å². The molecule has 0 spiro atoms. The van der Waals surface area contributed by atoms with Crippen LogP contribution in [0.1, 0.15) is 11.1 Å². The third kappa shape index (κ3) is 4.97. The summed E-state index contributed by atoms with van der Waals surface area (Å²) in [5, 5.41) is 10.6. The highest BCUT2D eigenvalue weighted by atomic mass is 79.9. The Bertz CT molecular complexity index is 660. The Labute approximate surface area is 144 Å². The van der Waals surface area contributed by atoms with E-state index in [1.807, 2.05) is 30.3 Å². The molecule has 2 rings (SSSR count). The zero-order chi connectivity index (χ0) is 16.7. The highest BCUT2D eigenvalue weighted by Gasteiger charge is 2.10. The third-order valence-electron chi connectivity index (χ3n) is 3.25. The van der Waals surface area contributed by atoms with Crippen molar-refractivity contribution in [2.24, 2.45) is 0 Å². The molecule has 0 aliphatic rings. The summed E-state index contributed by atoms with van der Waals surface area (Å²) in [6, 6.07) is 11.4. The number of hydrogen-bond acceptors (Lipinski definition) is 5. The van der Waals surface area contributed by atoms with Gasteiger partial charge in [-0.1, -0.05) is 12.1 Å². The fraction of sp³-hybridized carbons (Fsp3) is 0.235. The van der Waals surface area contributed by atoms with Gasteiger partial charge in [-0.05, 0) is 51.3 Å². The number of hydrogen-bond donors (Lipinski definition) is 3. The monoisotopic (exact) mass is 377 g/mol. The SMILES string of the molecule is COc1cc(C=N)cc(Br)c1OCCNCc1ccc(N)cc1. The summed E-state index contributed by atoms with van der Waals surface area (Å²) >= 11 is 3.45. The summed E-state index contributed by atoms with van der Waals surface area (Å²) in [6.45, 7) is 1.97. The van der Waals surface area contributed by atoms with Gasteiger partial charge in [0.2, 0.25) is 0 Å². The first-order valence-electron chi connectivity index (χ1n) is 7.20. The summed E-state index contributed by atoms with van der Waals surface area (Å²) in [5.41, 5.74) is 8.35. The Balaban J connectivity index is 1.84. The van der Waals surface area contributed by atoms with Gasteiger partial charge in [0.25, 0.3) is 0 Å². The molecule has 0 atom stereocenters. The molecule has 2 aromatic rings. The van der Waals surface area contributed by atoms with Crippen LogP contribution < -0.4 is 20.5 Å². The van der Waals surface area contributed by atoms with Gasteiger partial charge in [-0.2, -0.15) is 0 Å². The molecule has 0 fully saturated rings. The first-order valence-corrected chi connectivity index (χ1v) is 7.99. The number of anilines is 1. The predicted molar refractivity (Wildman–Crippen MR) is 96.6 cm³/mol. The standard InChI is InChI=1S/C17H20BrN3O2/c1-22-16-9-13(10-19)8-15(18)17(16)23-7-6-21-11-12-2-4-14(20)5-3-12/h2-5,8-10,19,21H,6-7,11,20H2,1H3. The minimum absolute atomic E-state index is 0.508. The second-order valence-electron chi connectivity index (χ2n) is 4.95. The number of rotatable bonds is 8. The molecule has 0 radical (unpaired) electrons. The van der Waals surface area contributed by atoms with Crippen LogP contribution in [0.5, 0.6) is 11.5 Å². The minimum Gasteiger partial charge on any atom is -0.493 e. The average Bonchev–Trinajstić information content (AvgIpc) is 2.56. The largest absolute Gasteiger partial charge is 0.493 e. The van der Waals surface area contributed by atoms with E-state index in [1.165, 1.54) is 11.8 Å². The van der Waals surface area contributed by atoms with Crippen molar-refractivity contribution in [1.29, 1.82) is 5.41 Å². The van der Waals surface area contributed by atoms with E-state index in [-0.39, 0.29) is 0 Å². The smallest absolute Gasteiger partial charge is 0.175 e. The van der Waals surface area contributed by atoms with Crippen molar-refractivity contribution in [3.8, 4) is 11.5 Å². The molecule has 0 bridgehead atoms. The van der Waals surface area contributed by atoms with E-state index < -0.39 is 0 Å². The molecule has 0 saturated carbocycles. The fourth-order valence-electron chi connectivity index (χ4n) is 2.06. The third-order valence-corrected chi connectivity index (χ3v) is 3.84. The molecular formula is C17H20BrN3O2. The van der Waals surface area contributed by atoms with Crippen LogP contribution in [0, 0.1) is 5.41 Å². The molecule has 23 heavy (non-hydrogen) atoms. The van der Waals surface area contributed by atoms with Crippen molar-refractivity contribution in [2.75, 3.05) is 26.0 Å². The van der Waals surface area contributed by atoms with Crippen molar-refractivity contribution in [2.45, 2.75) is 6.54 Å². The van der Waals surface area contributed by atoms with Crippen molar-refractivity contribution < 1.29 is 9.47 Å². The molecule has 5 nitrogen and oxygen atoms in total. The highest BCUT2D eigenvalue weighted by molar-refractivity contribution is 9.10. The lowest BCUT2D eigenvalue weighted by atomic mass is 10.2. The Morgan fingerprint density at radius 3 is 2.65 bits per heavy atom.